The van der Waals surface area contributed by atoms with Crippen LogP contribution in [0.25, 0.3) is 0 Å². The molecule has 0 aliphatic carbocycles. The molecule has 0 saturated carbocycles. The molecule has 1 unspecified atom stereocenters. The smallest absolute Gasteiger partial charge is 0.449 e. The van der Waals surface area contributed by atoms with Crippen molar-refractivity contribution < 1.29 is 90.1 Å². The molecule has 0 saturated heterocycles. The molecule has 0 aromatic rings. The molecule has 0 fully saturated rings. The topological polar surface area (TPSA) is 220 Å². The van der Waals surface area contributed by atoms with Gasteiger partial charge in [-0.05, 0) is 96.1 Å². The van der Waals surface area contributed by atoms with Crippen LogP contribution in [0.4, 0.5) is 0 Å². The van der Waals surface area contributed by atoms with E-state index in [0.29, 0.717) is 29.5 Å². The molecule has 0 bridgehead atoms. The highest BCUT2D eigenvalue weighted by molar-refractivity contribution is 6.81. The van der Waals surface area contributed by atoms with E-state index in [9.17, 15) is 0 Å². The normalized spacial score (nSPS) is 15.0. The Balaban J connectivity index is 7.81. The van der Waals surface area contributed by atoms with Gasteiger partial charge in [-0.15, -0.1) is 0 Å². The van der Waals surface area contributed by atoms with E-state index in [1.165, 1.54) is 0 Å². The fourth-order valence-corrected chi connectivity index (χ4v) is 32.0. The minimum atomic E-state index is -4.68. The van der Waals surface area contributed by atoms with Gasteiger partial charge in [0.25, 0.3) is 30.0 Å². The van der Waals surface area contributed by atoms with Gasteiger partial charge in [0.2, 0.25) is 0 Å². The molecule has 356 valence electrons. The van der Waals surface area contributed by atoms with Crippen LogP contribution in [-0.2, 0) is 90.1 Å². The molecule has 0 aromatic carbocycles. The molecule has 59 heavy (non-hydrogen) atoms. The molecule has 0 aliphatic rings. The SMILES string of the molecule is CCO[Si](CCCN)(O[SiH2]O[SiH2]O[SiH2]O[SiH3])O[Si](OCC)(OCC)O[Si](OCC)(OCC)O[Si](OCC)(OCC)O[Si](OCC)(OCC)O[Si](OCC)(OCC)OCC. The fourth-order valence-electron chi connectivity index (χ4n) is 4.86. The zero-order chi connectivity index (χ0) is 44.6. The van der Waals surface area contributed by atoms with Gasteiger partial charge >= 0.3 is 54.0 Å². The van der Waals surface area contributed by atoms with Crippen molar-refractivity contribution in [2.45, 2.75) is 95.5 Å². The number of rotatable bonds is 44. The van der Waals surface area contributed by atoms with E-state index in [2.05, 4.69) is 0 Å². The quantitative estimate of drug-likeness (QED) is 0.0590. The molecular formula is C27H77NO21Si10. The van der Waals surface area contributed by atoms with Crippen molar-refractivity contribution in [1.29, 1.82) is 0 Å². The Morgan fingerprint density at radius 2 is 0.661 bits per heavy atom. The van der Waals surface area contributed by atoms with Gasteiger partial charge in [0.15, 0.2) is 0 Å². The Morgan fingerprint density at radius 1 is 0.373 bits per heavy atom. The molecular weight excluding hydrogens is 955 g/mol. The number of nitrogens with two attached hydrogens (primary N) is 1. The largest absolute Gasteiger partial charge is 0.673 e. The second-order valence-corrected chi connectivity index (χ2v) is 32.8. The van der Waals surface area contributed by atoms with Crippen LogP contribution >= 0.6 is 0 Å². The summed E-state index contributed by atoms with van der Waals surface area (Å²) in [5.41, 5.74) is 6.01. The molecule has 0 heterocycles. The first-order valence-electron chi connectivity index (χ1n) is 20.5. The summed E-state index contributed by atoms with van der Waals surface area (Å²) in [4.78, 5) is 0. The van der Waals surface area contributed by atoms with Gasteiger partial charge < -0.3 is 95.9 Å². The lowest BCUT2D eigenvalue weighted by atomic mass is 10.5. The summed E-state index contributed by atoms with van der Waals surface area (Å²) in [5, 5.41) is 0. The molecule has 32 heteroatoms. The summed E-state index contributed by atoms with van der Waals surface area (Å²) < 4.78 is 132. The van der Waals surface area contributed by atoms with Crippen molar-refractivity contribution in [2.24, 2.45) is 5.73 Å². The first kappa shape index (κ1) is 60.3. The van der Waals surface area contributed by atoms with Crippen LogP contribution < -0.4 is 5.73 Å². The summed E-state index contributed by atoms with van der Waals surface area (Å²) >= 11 is 0. The van der Waals surface area contributed by atoms with Gasteiger partial charge in [0.05, 0.1) is 0 Å². The lowest BCUT2D eigenvalue weighted by Gasteiger charge is -2.43. The maximum atomic E-state index is 6.89. The molecule has 22 nitrogen and oxygen atoms in total. The summed E-state index contributed by atoms with van der Waals surface area (Å²) in [7, 11) is -29.6. The average molecular weight is 1030 g/mol. The summed E-state index contributed by atoms with van der Waals surface area (Å²) in [5.74, 6) is 0. The number of hydrogen-bond acceptors (Lipinski definition) is 22. The van der Waals surface area contributed by atoms with Crippen molar-refractivity contribution in [1.82, 2.24) is 0 Å². The van der Waals surface area contributed by atoms with E-state index in [4.69, 9.17) is 95.9 Å². The number of hydrogen-bond donors (Lipinski definition) is 1. The lowest BCUT2D eigenvalue weighted by molar-refractivity contribution is -0.0866. The third-order valence-corrected chi connectivity index (χ3v) is 31.4. The average Bonchev–Trinajstić information content (AvgIpc) is 3.16. The zero-order valence-corrected chi connectivity index (χ0v) is 50.1. The Labute approximate surface area is 370 Å². The van der Waals surface area contributed by atoms with Crippen LogP contribution in [0.5, 0.6) is 0 Å². The maximum absolute atomic E-state index is 6.89. The van der Waals surface area contributed by atoms with Crippen LogP contribution in [0.15, 0.2) is 0 Å². The molecule has 0 amide bonds. The third kappa shape index (κ3) is 22.4. The Hall–Kier alpha value is 1.29. The van der Waals surface area contributed by atoms with Crippen LogP contribution in [0.2, 0.25) is 6.04 Å². The Kier molecular flexibility index (Phi) is 35.4. The summed E-state index contributed by atoms with van der Waals surface area (Å²) in [6, 6.07) is 0.296. The Morgan fingerprint density at radius 3 is 0.966 bits per heavy atom. The second-order valence-electron chi connectivity index (χ2n) is 11.0. The highest BCUT2D eigenvalue weighted by Crippen LogP contribution is 2.34. The van der Waals surface area contributed by atoms with Crippen molar-refractivity contribution >= 4 is 94.6 Å². The minimum absolute atomic E-state index is 0.0262. The van der Waals surface area contributed by atoms with Crippen molar-refractivity contribution in [3.63, 3.8) is 0 Å². The van der Waals surface area contributed by atoms with E-state index < -0.39 is 84.1 Å². The Bertz CT molecular complexity index is 977. The maximum Gasteiger partial charge on any atom is 0.673 e. The molecule has 0 radical (unpaired) electrons. The van der Waals surface area contributed by atoms with E-state index in [1.54, 1.807) is 76.2 Å². The van der Waals surface area contributed by atoms with E-state index in [0.717, 1.165) is 0 Å². The van der Waals surface area contributed by atoms with Crippen molar-refractivity contribution in [3.05, 3.63) is 0 Å². The summed E-state index contributed by atoms with van der Waals surface area (Å²) in [6.45, 7) is 22.7. The van der Waals surface area contributed by atoms with Gasteiger partial charge in [0, 0.05) is 85.3 Å². The predicted octanol–water partition coefficient (Wildman–Crippen LogP) is -0.684. The van der Waals surface area contributed by atoms with Gasteiger partial charge in [-0.3, -0.25) is 0 Å². The predicted molar refractivity (Wildman–Crippen MR) is 238 cm³/mol. The molecule has 0 aliphatic heterocycles. The zero-order valence-electron chi connectivity index (χ0n) is 37.9. The first-order valence-corrected chi connectivity index (χ1v) is 34.9. The molecule has 0 spiro atoms. The van der Waals surface area contributed by atoms with Crippen LogP contribution in [-0.4, -0.2) is 180 Å². The van der Waals surface area contributed by atoms with Gasteiger partial charge in [-0.25, -0.2) is 0 Å². The van der Waals surface area contributed by atoms with Crippen molar-refractivity contribution in [2.75, 3.05) is 85.8 Å². The standard InChI is InChI=1S/C27H77NO21Si10/c1-13-29-54(27-25-26-28,44-53-43-52-42-51-41-50)45-56(33-17-5,34-18-6)47-58(37-21-9,38-22-10)49-59(39-23-11,40-24-12)48-57(35-19-7,36-20-8)46-55(30-14-2,31-15-3)32-16-4/h13-28,51-53H2,1-12,50H3. The second kappa shape index (κ2) is 34.6. The monoisotopic (exact) mass is 1030 g/mol. The van der Waals surface area contributed by atoms with Crippen molar-refractivity contribution in [3.8, 4) is 0 Å². The fraction of sp³-hybridized carbons (Fsp3) is 1.00. The molecule has 1 atom stereocenters. The highest BCUT2D eigenvalue weighted by Gasteiger charge is 2.72. The van der Waals surface area contributed by atoms with Crippen LogP contribution in [0.3, 0.4) is 0 Å². The highest BCUT2D eigenvalue weighted by atomic mass is 28.6. The van der Waals surface area contributed by atoms with Crippen LogP contribution in [0, 0.1) is 0 Å². The molecule has 0 rings (SSSR count). The first-order chi connectivity index (χ1) is 28.4. The lowest BCUT2D eigenvalue weighted by Crippen LogP contribution is -2.73. The van der Waals surface area contributed by atoms with Gasteiger partial charge in [0.1, 0.15) is 10.5 Å². The van der Waals surface area contributed by atoms with Gasteiger partial charge in [-0.2, -0.15) is 0 Å². The minimum Gasteiger partial charge on any atom is -0.449 e. The van der Waals surface area contributed by atoms with E-state index >= 15 is 0 Å². The third-order valence-electron chi connectivity index (χ3n) is 6.59. The molecule has 0 aromatic heterocycles. The van der Waals surface area contributed by atoms with Crippen LogP contribution in [0.1, 0.15) is 89.5 Å². The molecule has 2 N–H and O–H groups in total. The van der Waals surface area contributed by atoms with E-state index in [1.807, 2.05) is 6.92 Å². The summed E-state index contributed by atoms with van der Waals surface area (Å²) in [6.07, 6.45) is 0.491. The van der Waals surface area contributed by atoms with Gasteiger partial charge in [-0.1, -0.05) is 0 Å². The van der Waals surface area contributed by atoms with E-state index in [-0.39, 0.29) is 79.3 Å².